The summed E-state index contributed by atoms with van der Waals surface area (Å²) in [6.45, 7) is 1.64. The van der Waals surface area contributed by atoms with Crippen LogP contribution in [0.3, 0.4) is 0 Å². The quantitative estimate of drug-likeness (QED) is 0.710. The second-order valence-electron chi connectivity index (χ2n) is 5.54. The summed E-state index contributed by atoms with van der Waals surface area (Å²) in [5.74, 6) is -0.0498. The van der Waals surface area contributed by atoms with Crippen molar-refractivity contribution in [2.24, 2.45) is 0 Å². The number of benzene rings is 2. The van der Waals surface area contributed by atoms with Crippen LogP contribution in [0.2, 0.25) is 0 Å². The Balaban J connectivity index is 1.77. The molecule has 0 aliphatic carbocycles. The van der Waals surface area contributed by atoms with E-state index < -0.39 is 0 Å². The van der Waals surface area contributed by atoms with Gasteiger partial charge < -0.3 is 20.7 Å². The smallest absolute Gasteiger partial charge is 0.251 e. The molecule has 0 unspecified atom stereocenters. The van der Waals surface area contributed by atoms with Crippen LogP contribution in [0.15, 0.2) is 48.5 Å². The van der Waals surface area contributed by atoms with E-state index in [9.17, 15) is 14.4 Å². The zero-order valence-electron chi connectivity index (χ0n) is 14.7. The van der Waals surface area contributed by atoms with Crippen LogP contribution in [0.25, 0.3) is 0 Å². The predicted molar refractivity (Wildman–Crippen MR) is 99.3 cm³/mol. The second kappa shape index (κ2) is 9.22. The lowest BCUT2D eigenvalue weighted by Gasteiger charge is -2.08. The number of carbonyl (C=O) groups is 3. The van der Waals surface area contributed by atoms with Gasteiger partial charge in [-0.25, -0.2) is 0 Å². The Bertz CT molecular complexity index is 788. The van der Waals surface area contributed by atoms with Crippen molar-refractivity contribution in [2.45, 2.75) is 13.3 Å². The summed E-state index contributed by atoms with van der Waals surface area (Å²) in [6, 6.07) is 13.6. The number of rotatable bonds is 7. The summed E-state index contributed by atoms with van der Waals surface area (Å²) < 4.78 is 5.08. The van der Waals surface area contributed by atoms with Crippen LogP contribution in [0.5, 0.6) is 5.75 Å². The van der Waals surface area contributed by atoms with E-state index in [2.05, 4.69) is 16.0 Å². The largest absolute Gasteiger partial charge is 0.497 e. The lowest BCUT2D eigenvalue weighted by atomic mass is 10.2. The van der Waals surface area contributed by atoms with Gasteiger partial charge in [-0.05, 0) is 42.5 Å². The van der Waals surface area contributed by atoms with Gasteiger partial charge in [0.15, 0.2) is 0 Å². The lowest BCUT2D eigenvalue weighted by molar-refractivity contribution is -0.116. The summed E-state index contributed by atoms with van der Waals surface area (Å²) in [5, 5.41) is 8.07. The third-order valence-corrected chi connectivity index (χ3v) is 3.46. The van der Waals surface area contributed by atoms with E-state index in [1.54, 1.807) is 48.5 Å². The van der Waals surface area contributed by atoms with Crippen LogP contribution in [0.4, 0.5) is 11.4 Å². The third kappa shape index (κ3) is 5.94. The molecular formula is C19H21N3O4. The summed E-state index contributed by atoms with van der Waals surface area (Å²) in [4.78, 5) is 35.0. The fourth-order valence-electron chi connectivity index (χ4n) is 2.22. The Kier molecular flexibility index (Phi) is 6.73. The van der Waals surface area contributed by atoms with Crippen molar-refractivity contribution >= 4 is 29.1 Å². The van der Waals surface area contributed by atoms with Gasteiger partial charge in [0, 0.05) is 36.8 Å². The molecule has 0 aliphatic heterocycles. The Morgan fingerprint density at radius 1 is 0.962 bits per heavy atom. The Labute approximate surface area is 151 Å². The lowest BCUT2D eigenvalue weighted by Crippen LogP contribution is -2.27. The number of ether oxygens (including phenoxy) is 1. The van der Waals surface area contributed by atoms with Gasteiger partial charge in [-0.2, -0.15) is 0 Å². The highest BCUT2D eigenvalue weighted by Crippen LogP contribution is 2.14. The zero-order chi connectivity index (χ0) is 18.9. The van der Waals surface area contributed by atoms with Crippen molar-refractivity contribution < 1.29 is 19.1 Å². The van der Waals surface area contributed by atoms with Crippen molar-refractivity contribution in [1.29, 1.82) is 0 Å². The van der Waals surface area contributed by atoms with Crippen molar-refractivity contribution in [1.82, 2.24) is 5.32 Å². The highest BCUT2D eigenvalue weighted by Gasteiger charge is 2.08. The summed E-state index contributed by atoms with van der Waals surface area (Å²) in [5.41, 5.74) is 1.74. The first-order chi connectivity index (χ1) is 12.5. The van der Waals surface area contributed by atoms with E-state index in [4.69, 9.17) is 4.74 Å². The zero-order valence-corrected chi connectivity index (χ0v) is 14.7. The first kappa shape index (κ1) is 19.0. The van der Waals surface area contributed by atoms with Gasteiger partial charge in [-0.3, -0.25) is 14.4 Å². The molecule has 7 nitrogen and oxygen atoms in total. The predicted octanol–water partition coefficient (Wildman–Crippen LogP) is 2.41. The second-order valence-corrected chi connectivity index (χ2v) is 5.54. The number of anilines is 2. The van der Waals surface area contributed by atoms with Crippen molar-refractivity contribution in [3.8, 4) is 5.75 Å². The molecule has 0 saturated heterocycles. The van der Waals surface area contributed by atoms with Gasteiger partial charge in [0.2, 0.25) is 11.8 Å². The molecule has 2 aromatic rings. The van der Waals surface area contributed by atoms with Crippen LogP contribution in [-0.2, 0) is 9.59 Å². The Morgan fingerprint density at radius 3 is 2.23 bits per heavy atom. The number of carbonyl (C=O) groups excluding carboxylic acids is 3. The van der Waals surface area contributed by atoms with Gasteiger partial charge in [0.1, 0.15) is 5.75 Å². The number of hydrogen-bond donors (Lipinski definition) is 3. The van der Waals surface area contributed by atoms with Crippen LogP contribution in [-0.4, -0.2) is 31.4 Å². The van der Waals surface area contributed by atoms with E-state index in [1.807, 2.05) is 0 Å². The standard InChI is InChI=1S/C19H21N3O4/c1-13(23)21-15-6-8-16(9-7-15)22-18(24)10-11-20-19(25)14-4-3-5-17(12-14)26-2/h3-9,12H,10-11H2,1-2H3,(H,20,25)(H,21,23)(H,22,24). The molecule has 0 radical (unpaired) electrons. The molecule has 0 spiro atoms. The molecular weight excluding hydrogens is 334 g/mol. The monoisotopic (exact) mass is 355 g/mol. The third-order valence-electron chi connectivity index (χ3n) is 3.46. The van der Waals surface area contributed by atoms with Crippen LogP contribution in [0.1, 0.15) is 23.7 Å². The molecule has 2 rings (SSSR count). The molecule has 7 heteroatoms. The first-order valence-corrected chi connectivity index (χ1v) is 8.07. The topological polar surface area (TPSA) is 96.5 Å². The van der Waals surface area contributed by atoms with Crippen molar-refractivity contribution in [3.05, 3.63) is 54.1 Å². The molecule has 0 aliphatic rings. The Hall–Kier alpha value is -3.35. The summed E-state index contributed by atoms with van der Waals surface area (Å²) >= 11 is 0. The highest BCUT2D eigenvalue weighted by atomic mass is 16.5. The van der Waals surface area contributed by atoms with Gasteiger partial charge in [0.25, 0.3) is 5.91 Å². The number of nitrogens with one attached hydrogen (secondary N) is 3. The van der Waals surface area contributed by atoms with Gasteiger partial charge >= 0.3 is 0 Å². The number of hydrogen-bond acceptors (Lipinski definition) is 4. The van der Waals surface area contributed by atoms with E-state index >= 15 is 0 Å². The Morgan fingerprint density at radius 2 is 1.62 bits per heavy atom. The molecule has 0 aromatic heterocycles. The van der Waals surface area contributed by atoms with E-state index in [0.29, 0.717) is 22.7 Å². The van der Waals surface area contributed by atoms with E-state index in [-0.39, 0.29) is 30.7 Å². The molecule has 26 heavy (non-hydrogen) atoms. The van der Waals surface area contributed by atoms with Crippen LogP contribution in [0, 0.1) is 0 Å². The highest BCUT2D eigenvalue weighted by molar-refractivity contribution is 5.95. The van der Waals surface area contributed by atoms with Crippen LogP contribution < -0.4 is 20.7 Å². The molecule has 0 saturated carbocycles. The molecule has 0 atom stereocenters. The minimum Gasteiger partial charge on any atom is -0.497 e. The molecule has 0 fully saturated rings. The molecule has 0 bridgehead atoms. The maximum atomic E-state index is 12.0. The fourth-order valence-corrected chi connectivity index (χ4v) is 2.22. The summed E-state index contributed by atoms with van der Waals surface area (Å²) in [7, 11) is 1.53. The van der Waals surface area contributed by atoms with Gasteiger partial charge in [0.05, 0.1) is 7.11 Å². The molecule has 0 heterocycles. The average Bonchev–Trinajstić information content (AvgIpc) is 2.63. The van der Waals surface area contributed by atoms with E-state index in [1.165, 1.54) is 14.0 Å². The maximum Gasteiger partial charge on any atom is 0.251 e. The number of methoxy groups -OCH3 is 1. The fraction of sp³-hybridized carbons (Fsp3) is 0.211. The first-order valence-electron chi connectivity index (χ1n) is 8.07. The molecule has 3 N–H and O–H groups in total. The molecule has 136 valence electrons. The minimum absolute atomic E-state index is 0.142. The molecule has 2 aromatic carbocycles. The number of amides is 3. The normalized spacial score (nSPS) is 9.92. The summed E-state index contributed by atoms with van der Waals surface area (Å²) in [6.07, 6.45) is 0.142. The van der Waals surface area contributed by atoms with Crippen molar-refractivity contribution in [3.63, 3.8) is 0 Å². The van der Waals surface area contributed by atoms with Crippen molar-refractivity contribution in [2.75, 3.05) is 24.3 Å². The molecule has 3 amide bonds. The SMILES string of the molecule is COc1cccc(C(=O)NCCC(=O)Nc2ccc(NC(C)=O)cc2)c1. The minimum atomic E-state index is -0.267. The van der Waals surface area contributed by atoms with Gasteiger partial charge in [-0.1, -0.05) is 6.07 Å². The maximum absolute atomic E-state index is 12.0. The van der Waals surface area contributed by atoms with Gasteiger partial charge in [-0.15, -0.1) is 0 Å². The van der Waals surface area contributed by atoms with E-state index in [0.717, 1.165) is 0 Å². The average molecular weight is 355 g/mol. The van der Waals surface area contributed by atoms with Crippen LogP contribution >= 0.6 is 0 Å².